The van der Waals surface area contributed by atoms with Crippen molar-refractivity contribution in [3.05, 3.63) is 47.5 Å². The molecule has 0 spiro atoms. The van der Waals surface area contributed by atoms with Gasteiger partial charge in [0.1, 0.15) is 5.75 Å². The van der Waals surface area contributed by atoms with Crippen molar-refractivity contribution in [2.45, 2.75) is 19.4 Å². The van der Waals surface area contributed by atoms with Crippen molar-refractivity contribution in [1.82, 2.24) is 14.9 Å². The van der Waals surface area contributed by atoms with Crippen LogP contribution in [0.25, 0.3) is 0 Å². The van der Waals surface area contributed by atoms with Gasteiger partial charge < -0.3 is 14.6 Å². The maximum absolute atomic E-state index is 11.6. The fraction of sp³-hybridized carbons (Fsp3) is 0.333. The first-order chi connectivity index (χ1) is 10.2. The number of nitrogens with one attached hydrogen (secondary N) is 1. The number of imidazole rings is 1. The first-order valence-corrected chi connectivity index (χ1v) is 7.64. The Hall–Kier alpha value is -1.82. The number of ether oxygens (including phenoxy) is 1. The van der Waals surface area contributed by atoms with Crippen LogP contribution in [0.2, 0.25) is 0 Å². The summed E-state index contributed by atoms with van der Waals surface area (Å²) in [5.41, 5.74) is 0. The zero-order valence-corrected chi connectivity index (χ0v) is 13.3. The molecule has 6 heteroatoms. The van der Waals surface area contributed by atoms with Gasteiger partial charge in [0.05, 0.1) is 19.4 Å². The van der Waals surface area contributed by atoms with Crippen LogP contribution >= 0.6 is 15.9 Å². The van der Waals surface area contributed by atoms with E-state index in [0.29, 0.717) is 19.6 Å². The molecule has 0 saturated carbocycles. The minimum Gasteiger partial charge on any atom is -0.493 e. The molecule has 0 aliphatic rings. The molecule has 0 fully saturated rings. The van der Waals surface area contributed by atoms with Crippen molar-refractivity contribution in [2.24, 2.45) is 0 Å². The fourth-order valence-electron chi connectivity index (χ4n) is 1.82. The van der Waals surface area contributed by atoms with Crippen molar-refractivity contribution in [1.29, 1.82) is 0 Å². The lowest BCUT2D eigenvalue weighted by atomic mass is 10.3. The van der Waals surface area contributed by atoms with Crippen LogP contribution in [-0.4, -0.2) is 28.6 Å². The smallest absolute Gasteiger partial charge is 0.223 e. The van der Waals surface area contributed by atoms with Gasteiger partial charge in [-0.15, -0.1) is 0 Å². The number of aryl methyl sites for hydroxylation is 1. The average molecular weight is 352 g/mol. The Bertz CT molecular complexity index is 558. The molecule has 2 aromatic rings. The average Bonchev–Trinajstić information content (AvgIpc) is 2.97. The number of hydrogen-bond donors (Lipinski definition) is 1. The Labute approximate surface area is 132 Å². The molecular weight excluding hydrogens is 334 g/mol. The van der Waals surface area contributed by atoms with E-state index in [1.165, 1.54) is 0 Å². The summed E-state index contributed by atoms with van der Waals surface area (Å²) in [5, 5.41) is 2.88. The molecular formula is C15H18BrN3O2. The Balaban J connectivity index is 1.55. The van der Waals surface area contributed by atoms with Crippen LogP contribution in [-0.2, 0) is 11.3 Å². The van der Waals surface area contributed by atoms with E-state index < -0.39 is 0 Å². The lowest BCUT2D eigenvalue weighted by Crippen LogP contribution is -2.26. The highest BCUT2D eigenvalue weighted by Crippen LogP contribution is 2.17. The second-order valence-corrected chi connectivity index (χ2v) is 5.48. The Morgan fingerprint density at radius 1 is 1.43 bits per heavy atom. The normalized spacial score (nSPS) is 10.3. The van der Waals surface area contributed by atoms with Crippen molar-refractivity contribution < 1.29 is 9.53 Å². The maximum Gasteiger partial charge on any atom is 0.223 e. The molecule has 0 aliphatic carbocycles. The van der Waals surface area contributed by atoms with Crippen LogP contribution in [0.4, 0.5) is 0 Å². The van der Waals surface area contributed by atoms with Gasteiger partial charge in [0.15, 0.2) is 0 Å². The molecule has 0 atom stereocenters. The number of carbonyl (C=O) groups excluding carboxylic acids is 1. The second-order valence-electron chi connectivity index (χ2n) is 4.56. The predicted octanol–water partition coefficient (Wildman–Crippen LogP) is 2.62. The molecule has 112 valence electrons. The van der Waals surface area contributed by atoms with Gasteiger partial charge in [-0.05, 0) is 24.6 Å². The molecule has 1 N–H and O–H groups in total. The molecule has 5 nitrogen and oxygen atoms in total. The van der Waals surface area contributed by atoms with Crippen LogP contribution in [0.15, 0.2) is 47.5 Å². The summed E-state index contributed by atoms with van der Waals surface area (Å²) >= 11 is 3.38. The summed E-state index contributed by atoms with van der Waals surface area (Å²) < 4.78 is 8.47. The highest BCUT2D eigenvalue weighted by Gasteiger charge is 2.02. The molecule has 0 unspecified atom stereocenters. The summed E-state index contributed by atoms with van der Waals surface area (Å²) in [7, 11) is 0. The van der Waals surface area contributed by atoms with Crippen molar-refractivity contribution in [3.63, 3.8) is 0 Å². The standard InChI is InChI=1S/C15H18BrN3O2/c16-13-3-1-4-14(11-13)21-10-5-15(20)18-6-2-8-19-9-7-17-12-19/h1,3-4,7,9,11-12H,2,5-6,8,10H2,(H,18,20). The van der Waals surface area contributed by atoms with Gasteiger partial charge in [-0.2, -0.15) is 0 Å². The zero-order chi connectivity index (χ0) is 14.9. The highest BCUT2D eigenvalue weighted by atomic mass is 79.9. The Morgan fingerprint density at radius 2 is 2.33 bits per heavy atom. The molecule has 1 heterocycles. The SMILES string of the molecule is O=C(CCOc1cccc(Br)c1)NCCCn1ccnc1. The number of carbonyl (C=O) groups is 1. The summed E-state index contributed by atoms with van der Waals surface area (Å²) in [6.07, 6.45) is 6.67. The number of benzene rings is 1. The zero-order valence-electron chi connectivity index (χ0n) is 11.7. The molecule has 1 amide bonds. The van der Waals surface area contributed by atoms with E-state index >= 15 is 0 Å². The largest absolute Gasteiger partial charge is 0.493 e. The topological polar surface area (TPSA) is 56.1 Å². The minimum atomic E-state index is 0.00984. The summed E-state index contributed by atoms with van der Waals surface area (Å²) in [5.74, 6) is 0.771. The first kappa shape index (κ1) is 15.6. The maximum atomic E-state index is 11.6. The number of rotatable bonds is 8. The first-order valence-electron chi connectivity index (χ1n) is 6.85. The highest BCUT2D eigenvalue weighted by molar-refractivity contribution is 9.10. The van der Waals surface area contributed by atoms with E-state index in [1.807, 2.05) is 35.0 Å². The fourth-order valence-corrected chi connectivity index (χ4v) is 2.19. The lowest BCUT2D eigenvalue weighted by Gasteiger charge is -2.08. The van der Waals surface area contributed by atoms with Gasteiger partial charge in [0, 0.05) is 30.0 Å². The summed E-state index contributed by atoms with van der Waals surface area (Å²) in [4.78, 5) is 15.6. The van der Waals surface area contributed by atoms with Gasteiger partial charge in [-0.1, -0.05) is 22.0 Å². The van der Waals surface area contributed by atoms with Crippen molar-refractivity contribution >= 4 is 21.8 Å². The number of amides is 1. The van der Waals surface area contributed by atoms with E-state index in [-0.39, 0.29) is 5.91 Å². The number of aromatic nitrogens is 2. The molecule has 0 saturated heterocycles. The predicted molar refractivity (Wildman–Crippen MR) is 84.1 cm³/mol. The van der Waals surface area contributed by atoms with Crippen molar-refractivity contribution in [3.8, 4) is 5.75 Å². The van der Waals surface area contributed by atoms with Gasteiger partial charge in [-0.3, -0.25) is 4.79 Å². The van der Waals surface area contributed by atoms with E-state index in [2.05, 4.69) is 26.2 Å². The van der Waals surface area contributed by atoms with Gasteiger partial charge >= 0.3 is 0 Å². The summed E-state index contributed by atoms with van der Waals surface area (Å²) in [6, 6.07) is 7.58. The number of hydrogen-bond acceptors (Lipinski definition) is 3. The minimum absolute atomic E-state index is 0.00984. The Morgan fingerprint density at radius 3 is 3.10 bits per heavy atom. The third kappa shape index (κ3) is 5.99. The van der Waals surface area contributed by atoms with E-state index in [4.69, 9.17) is 4.74 Å². The van der Waals surface area contributed by atoms with Gasteiger partial charge in [0.25, 0.3) is 0 Å². The summed E-state index contributed by atoms with van der Waals surface area (Å²) in [6.45, 7) is 1.90. The molecule has 21 heavy (non-hydrogen) atoms. The third-order valence-electron chi connectivity index (χ3n) is 2.87. The van der Waals surface area contributed by atoms with Crippen LogP contribution in [0, 0.1) is 0 Å². The molecule has 0 aliphatic heterocycles. The molecule has 1 aromatic carbocycles. The van der Waals surface area contributed by atoms with Crippen LogP contribution < -0.4 is 10.1 Å². The van der Waals surface area contributed by atoms with Crippen LogP contribution in [0.3, 0.4) is 0 Å². The third-order valence-corrected chi connectivity index (χ3v) is 3.36. The van der Waals surface area contributed by atoms with E-state index in [1.54, 1.807) is 12.5 Å². The Kier molecular flexibility index (Phi) is 6.27. The van der Waals surface area contributed by atoms with Crippen LogP contribution in [0.5, 0.6) is 5.75 Å². The van der Waals surface area contributed by atoms with Gasteiger partial charge in [0.2, 0.25) is 5.91 Å². The number of halogens is 1. The molecule has 1 aromatic heterocycles. The molecule has 2 rings (SSSR count). The molecule has 0 bridgehead atoms. The quantitative estimate of drug-likeness (QED) is 0.743. The monoisotopic (exact) mass is 351 g/mol. The van der Waals surface area contributed by atoms with E-state index in [9.17, 15) is 4.79 Å². The molecule has 0 radical (unpaired) electrons. The van der Waals surface area contributed by atoms with E-state index in [0.717, 1.165) is 23.2 Å². The number of nitrogens with zero attached hydrogens (tertiary/aromatic N) is 2. The second kappa shape index (κ2) is 8.46. The van der Waals surface area contributed by atoms with Crippen molar-refractivity contribution in [2.75, 3.05) is 13.2 Å². The lowest BCUT2D eigenvalue weighted by molar-refractivity contribution is -0.121. The van der Waals surface area contributed by atoms with Crippen LogP contribution in [0.1, 0.15) is 12.8 Å². The van der Waals surface area contributed by atoms with Gasteiger partial charge in [-0.25, -0.2) is 4.98 Å².